The Morgan fingerprint density at radius 2 is 2.24 bits per heavy atom. The molecule has 2 fully saturated rings. The number of carbonyl (C=O) groups is 1. The van der Waals surface area contributed by atoms with Crippen molar-refractivity contribution in [1.82, 2.24) is 4.90 Å². The largest absolute Gasteiger partial charge is 0.467 e. The molecular formula is C11H16N2O3S. The Morgan fingerprint density at radius 1 is 1.53 bits per heavy atom. The van der Waals surface area contributed by atoms with E-state index in [2.05, 4.69) is 9.89 Å². The molecule has 5 nitrogen and oxygen atoms in total. The number of morpholine rings is 1. The van der Waals surface area contributed by atoms with Crippen LogP contribution in [0.2, 0.25) is 0 Å². The monoisotopic (exact) mass is 256 g/mol. The van der Waals surface area contributed by atoms with Crippen LogP contribution in [0.25, 0.3) is 0 Å². The average molecular weight is 256 g/mol. The van der Waals surface area contributed by atoms with E-state index in [1.165, 1.54) is 7.11 Å². The van der Waals surface area contributed by atoms with E-state index < -0.39 is 0 Å². The Bertz CT molecular complexity index is 362. The first kappa shape index (κ1) is 11.3. The van der Waals surface area contributed by atoms with Gasteiger partial charge in [-0.2, -0.15) is 0 Å². The molecule has 94 valence electrons. The van der Waals surface area contributed by atoms with Crippen molar-refractivity contribution >= 4 is 22.9 Å². The lowest BCUT2D eigenvalue weighted by Gasteiger charge is -2.28. The van der Waals surface area contributed by atoms with Crippen LogP contribution in [0.4, 0.5) is 0 Å². The summed E-state index contributed by atoms with van der Waals surface area (Å²) in [4.78, 5) is 18.5. The number of carbonyl (C=O) groups excluding carboxylic acids is 1. The molecule has 1 aliphatic carbocycles. The predicted octanol–water partition coefficient (Wildman–Crippen LogP) is 0.496. The normalized spacial score (nSPS) is 30.3. The summed E-state index contributed by atoms with van der Waals surface area (Å²) in [5.41, 5.74) is 0. The number of hydrogen-bond donors (Lipinski definition) is 0. The highest BCUT2D eigenvalue weighted by molar-refractivity contribution is 8.15. The molecule has 1 saturated heterocycles. The van der Waals surface area contributed by atoms with Gasteiger partial charge in [-0.15, -0.1) is 0 Å². The molecule has 0 radical (unpaired) electrons. The Kier molecular flexibility index (Phi) is 2.78. The molecule has 0 amide bonds. The van der Waals surface area contributed by atoms with Crippen LogP contribution in [-0.2, 0) is 14.3 Å². The molecule has 2 heterocycles. The lowest BCUT2D eigenvalue weighted by Crippen LogP contribution is -2.39. The first-order chi connectivity index (χ1) is 8.25. The molecule has 0 aromatic rings. The van der Waals surface area contributed by atoms with Crippen molar-refractivity contribution in [1.29, 1.82) is 0 Å². The third kappa shape index (κ3) is 1.93. The number of thioether (sulfide) groups is 1. The molecule has 0 aromatic carbocycles. The molecule has 6 heteroatoms. The third-order valence-electron chi connectivity index (χ3n) is 3.48. The molecule has 1 atom stereocenters. The van der Waals surface area contributed by atoms with Crippen LogP contribution < -0.4 is 0 Å². The maximum Gasteiger partial charge on any atom is 0.332 e. The summed E-state index contributed by atoms with van der Waals surface area (Å²) >= 11 is 1.76. The van der Waals surface area contributed by atoms with E-state index in [1.54, 1.807) is 11.8 Å². The quantitative estimate of drug-likeness (QED) is 0.639. The van der Waals surface area contributed by atoms with Crippen molar-refractivity contribution in [2.24, 2.45) is 4.99 Å². The Morgan fingerprint density at radius 3 is 2.82 bits per heavy atom. The first-order valence-electron chi connectivity index (χ1n) is 5.92. The van der Waals surface area contributed by atoms with Crippen molar-refractivity contribution in [3.8, 4) is 0 Å². The van der Waals surface area contributed by atoms with Crippen molar-refractivity contribution in [2.45, 2.75) is 23.6 Å². The minimum Gasteiger partial charge on any atom is -0.467 e. The zero-order valence-corrected chi connectivity index (χ0v) is 10.7. The van der Waals surface area contributed by atoms with Gasteiger partial charge in [-0.25, -0.2) is 9.79 Å². The predicted molar refractivity (Wildman–Crippen MR) is 65.2 cm³/mol. The van der Waals surface area contributed by atoms with Gasteiger partial charge in [0.2, 0.25) is 0 Å². The molecule has 1 saturated carbocycles. The molecule has 1 spiro atoms. The molecule has 17 heavy (non-hydrogen) atoms. The highest BCUT2D eigenvalue weighted by Crippen LogP contribution is 2.56. The Hall–Kier alpha value is -0.750. The Balaban J connectivity index is 1.75. The molecule has 0 aromatic heterocycles. The van der Waals surface area contributed by atoms with Gasteiger partial charge in [0.25, 0.3) is 0 Å². The molecular weight excluding hydrogens is 240 g/mol. The topological polar surface area (TPSA) is 51.1 Å². The van der Waals surface area contributed by atoms with Gasteiger partial charge in [0.05, 0.1) is 25.1 Å². The minimum atomic E-state index is -0.296. The van der Waals surface area contributed by atoms with Gasteiger partial charge < -0.3 is 14.4 Å². The van der Waals surface area contributed by atoms with E-state index in [0.29, 0.717) is 0 Å². The van der Waals surface area contributed by atoms with Crippen LogP contribution in [0, 0.1) is 0 Å². The number of ether oxygens (including phenoxy) is 2. The summed E-state index contributed by atoms with van der Waals surface area (Å²) in [7, 11) is 1.44. The van der Waals surface area contributed by atoms with Crippen molar-refractivity contribution < 1.29 is 14.3 Å². The molecule has 2 aliphatic heterocycles. The fourth-order valence-corrected chi connectivity index (χ4v) is 3.67. The molecule has 0 N–H and O–H groups in total. The fraction of sp³-hybridized carbons (Fsp3) is 0.818. The second-order valence-corrected chi connectivity index (χ2v) is 5.99. The number of aliphatic imine (C=N–C) groups is 1. The molecule has 0 bridgehead atoms. The maximum atomic E-state index is 11.7. The van der Waals surface area contributed by atoms with Crippen LogP contribution >= 0.6 is 11.8 Å². The smallest absolute Gasteiger partial charge is 0.332 e. The molecule has 1 unspecified atom stereocenters. The van der Waals surface area contributed by atoms with Gasteiger partial charge in [-0.3, -0.25) is 0 Å². The molecule has 3 rings (SSSR count). The van der Waals surface area contributed by atoms with E-state index in [-0.39, 0.29) is 16.8 Å². The number of methoxy groups -OCH3 is 1. The second kappa shape index (κ2) is 4.17. The first-order valence-corrected chi connectivity index (χ1v) is 6.74. The lowest BCUT2D eigenvalue weighted by molar-refractivity contribution is -0.142. The SMILES string of the molecule is COC(=O)C1N=C(N2CCOCC2)SC12CC2. The van der Waals surface area contributed by atoms with Crippen molar-refractivity contribution in [3.63, 3.8) is 0 Å². The van der Waals surface area contributed by atoms with Gasteiger partial charge in [0, 0.05) is 13.1 Å². The van der Waals surface area contributed by atoms with Crippen molar-refractivity contribution in [2.75, 3.05) is 33.4 Å². The van der Waals surface area contributed by atoms with Gasteiger partial charge in [-0.05, 0) is 12.8 Å². The summed E-state index contributed by atoms with van der Waals surface area (Å²) in [6.45, 7) is 3.23. The van der Waals surface area contributed by atoms with Gasteiger partial charge in [0.15, 0.2) is 11.2 Å². The number of amidine groups is 1. The summed E-state index contributed by atoms with van der Waals surface area (Å²) in [6, 6.07) is -0.296. The van der Waals surface area contributed by atoms with Crippen molar-refractivity contribution in [3.05, 3.63) is 0 Å². The highest BCUT2D eigenvalue weighted by atomic mass is 32.2. The second-order valence-electron chi connectivity index (χ2n) is 4.60. The van der Waals surface area contributed by atoms with Gasteiger partial charge in [0.1, 0.15) is 0 Å². The highest BCUT2D eigenvalue weighted by Gasteiger charge is 2.59. The number of esters is 1. The standard InChI is InChI=1S/C11H16N2O3S/c1-15-9(14)8-11(2-3-11)17-10(12-8)13-4-6-16-7-5-13/h8H,2-7H2,1H3. The van der Waals surface area contributed by atoms with Crippen LogP contribution in [0.3, 0.4) is 0 Å². The maximum absolute atomic E-state index is 11.7. The van der Waals surface area contributed by atoms with Crippen LogP contribution in [0.1, 0.15) is 12.8 Å². The van der Waals surface area contributed by atoms with Gasteiger partial charge >= 0.3 is 5.97 Å². The zero-order chi connectivity index (χ0) is 11.9. The zero-order valence-electron chi connectivity index (χ0n) is 9.85. The summed E-state index contributed by atoms with van der Waals surface area (Å²) in [5.74, 6) is -0.196. The van der Waals surface area contributed by atoms with Gasteiger partial charge in [-0.1, -0.05) is 11.8 Å². The summed E-state index contributed by atoms with van der Waals surface area (Å²) in [6.07, 6.45) is 2.13. The Labute approximate surface area is 105 Å². The van der Waals surface area contributed by atoms with E-state index in [4.69, 9.17) is 9.47 Å². The van der Waals surface area contributed by atoms with Crippen LogP contribution in [0.5, 0.6) is 0 Å². The number of rotatable bonds is 1. The van der Waals surface area contributed by atoms with E-state index in [9.17, 15) is 4.79 Å². The lowest BCUT2D eigenvalue weighted by atomic mass is 10.2. The van der Waals surface area contributed by atoms with Crippen LogP contribution in [-0.4, -0.2) is 60.2 Å². The third-order valence-corrected chi connectivity index (χ3v) is 5.07. The van der Waals surface area contributed by atoms with E-state index in [1.807, 2.05) is 0 Å². The summed E-state index contributed by atoms with van der Waals surface area (Å²) in [5, 5.41) is 1.00. The van der Waals surface area contributed by atoms with Crippen LogP contribution in [0.15, 0.2) is 4.99 Å². The van der Waals surface area contributed by atoms with E-state index >= 15 is 0 Å². The number of hydrogen-bond acceptors (Lipinski definition) is 6. The fourth-order valence-electron chi connectivity index (χ4n) is 2.27. The average Bonchev–Trinajstić information content (AvgIpc) is 3.03. The number of nitrogens with zero attached hydrogens (tertiary/aromatic N) is 2. The summed E-state index contributed by atoms with van der Waals surface area (Å²) < 4.78 is 10.2. The van der Waals surface area contributed by atoms with E-state index in [0.717, 1.165) is 44.3 Å². The molecule has 3 aliphatic rings. The minimum absolute atomic E-state index is 0.0146.